The number of benzene rings is 1. The molecule has 42 heavy (non-hydrogen) atoms. The lowest BCUT2D eigenvalue weighted by atomic mass is 10.0. The minimum Gasteiger partial charge on any atom is -0.464 e. The molecule has 7 amide bonds. The summed E-state index contributed by atoms with van der Waals surface area (Å²) in [6, 6.07) is 3.56. The van der Waals surface area contributed by atoms with Crippen LogP contribution >= 0.6 is 0 Å². The lowest BCUT2D eigenvalue weighted by Gasteiger charge is -2.24. The summed E-state index contributed by atoms with van der Waals surface area (Å²) in [4.78, 5) is 76.0. The number of nitrogens with one attached hydrogen (secondary N) is 6. The molecule has 0 radical (unpaired) electrons. The molecule has 0 aliphatic rings. The van der Waals surface area contributed by atoms with Gasteiger partial charge in [0.2, 0.25) is 17.7 Å². The molecule has 0 heterocycles. The highest BCUT2D eigenvalue weighted by atomic mass is 16.7. The van der Waals surface area contributed by atoms with Crippen LogP contribution in [0.1, 0.15) is 38.7 Å². The van der Waals surface area contributed by atoms with Crippen molar-refractivity contribution in [2.45, 2.75) is 51.8 Å². The number of amides is 7. The number of terminal acetylenes is 1. The number of primary amides is 1. The number of carboxylic acid groups (broad SMARTS) is 1. The Labute approximate surface area is 242 Å². The molecule has 230 valence electrons. The van der Waals surface area contributed by atoms with E-state index in [-0.39, 0.29) is 44.9 Å². The van der Waals surface area contributed by atoms with Gasteiger partial charge in [-0.25, -0.2) is 14.4 Å². The first-order valence-electron chi connectivity index (χ1n) is 12.9. The largest absolute Gasteiger partial charge is 0.464 e. The number of hydrogen-bond donors (Lipinski definition) is 8. The Morgan fingerprint density at radius 2 is 1.69 bits per heavy atom. The highest BCUT2D eigenvalue weighted by Gasteiger charge is 2.27. The summed E-state index contributed by atoms with van der Waals surface area (Å²) in [5, 5.41) is 21.1. The third-order valence-electron chi connectivity index (χ3n) is 5.25. The van der Waals surface area contributed by atoms with Gasteiger partial charge >= 0.3 is 18.2 Å². The third kappa shape index (κ3) is 15.5. The average Bonchev–Trinajstić information content (AvgIpc) is 2.92. The Morgan fingerprint density at radius 1 is 1.00 bits per heavy atom. The van der Waals surface area contributed by atoms with Crippen LogP contribution in [-0.4, -0.2) is 72.8 Å². The van der Waals surface area contributed by atoms with Crippen molar-refractivity contribution in [1.82, 2.24) is 26.7 Å². The van der Waals surface area contributed by atoms with Gasteiger partial charge in [0.15, 0.2) is 6.61 Å². The fourth-order valence-electron chi connectivity index (χ4n) is 3.40. The molecule has 0 aromatic heterocycles. The van der Waals surface area contributed by atoms with Gasteiger partial charge in [-0.2, -0.15) is 5.48 Å². The molecule has 1 rings (SSSR count). The Morgan fingerprint density at radius 3 is 2.29 bits per heavy atom. The lowest BCUT2D eigenvalue weighted by Crippen LogP contribution is -2.53. The second kappa shape index (κ2) is 19.1. The van der Waals surface area contributed by atoms with Crippen LogP contribution in [-0.2, 0) is 30.6 Å². The highest BCUT2D eigenvalue weighted by molar-refractivity contribution is 5.98. The van der Waals surface area contributed by atoms with E-state index in [0.717, 1.165) is 0 Å². The van der Waals surface area contributed by atoms with Gasteiger partial charge in [0, 0.05) is 12.2 Å². The first-order chi connectivity index (χ1) is 19.9. The Hall–Kier alpha value is -5.04. The van der Waals surface area contributed by atoms with Gasteiger partial charge in [0.05, 0.1) is 6.54 Å². The number of rotatable bonds is 17. The number of ether oxygens (including phenoxy) is 1. The van der Waals surface area contributed by atoms with Crippen LogP contribution in [0.25, 0.3) is 0 Å². The molecule has 0 fully saturated rings. The highest BCUT2D eigenvalue weighted by Crippen LogP contribution is 2.13. The summed E-state index contributed by atoms with van der Waals surface area (Å²) >= 11 is 0. The lowest BCUT2D eigenvalue weighted by molar-refractivity contribution is -0.134. The van der Waals surface area contributed by atoms with Crippen molar-refractivity contribution in [3.63, 3.8) is 0 Å². The zero-order valence-electron chi connectivity index (χ0n) is 23.4. The van der Waals surface area contributed by atoms with E-state index in [9.17, 15) is 28.8 Å². The molecular formula is C26H37N7O9. The maximum absolute atomic E-state index is 13.1. The van der Waals surface area contributed by atoms with Gasteiger partial charge in [-0.05, 0) is 42.9 Å². The van der Waals surface area contributed by atoms with Gasteiger partial charge in [0.1, 0.15) is 18.7 Å². The van der Waals surface area contributed by atoms with Gasteiger partial charge in [-0.3, -0.25) is 19.2 Å². The van der Waals surface area contributed by atoms with E-state index in [1.807, 2.05) is 13.8 Å². The van der Waals surface area contributed by atoms with E-state index in [1.165, 1.54) is 0 Å². The van der Waals surface area contributed by atoms with Crippen LogP contribution in [0.4, 0.5) is 20.1 Å². The second-order valence-corrected chi connectivity index (χ2v) is 9.26. The van der Waals surface area contributed by atoms with Gasteiger partial charge in [-0.15, -0.1) is 6.42 Å². The fourth-order valence-corrected chi connectivity index (χ4v) is 3.40. The van der Waals surface area contributed by atoms with Crippen molar-refractivity contribution in [2.75, 3.05) is 25.0 Å². The summed E-state index contributed by atoms with van der Waals surface area (Å²) in [5.41, 5.74) is 7.70. The summed E-state index contributed by atoms with van der Waals surface area (Å²) in [6.45, 7) is 3.13. The van der Waals surface area contributed by atoms with Gasteiger partial charge < -0.3 is 42.2 Å². The molecule has 1 aromatic rings. The zero-order chi connectivity index (χ0) is 31.5. The van der Waals surface area contributed by atoms with Gasteiger partial charge in [-0.1, -0.05) is 31.9 Å². The number of carbonyl (C=O) groups excluding carboxylic acids is 5. The number of urea groups is 1. The normalized spacial score (nSPS) is 11.7. The maximum Gasteiger partial charge on any atom is 0.428 e. The van der Waals surface area contributed by atoms with Crippen LogP contribution in [0, 0.1) is 18.3 Å². The van der Waals surface area contributed by atoms with Crippen molar-refractivity contribution in [3.05, 3.63) is 29.8 Å². The molecule has 1 aromatic carbocycles. The monoisotopic (exact) mass is 591 g/mol. The number of hydrogen-bond acceptors (Lipinski definition) is 8. The number of anilines is 1. The van der Waals surface area contributed by atoms with E-state index < -0.39 is 54.6 Å². The van der Waals surface area contributed by atoms with Crippen molar-refractivity contribution in [1.29, 1.82) is 0 Å². The van der Waals surface area contributed by atoms with Gasteiger partial charge in [0.25, 0.3) is 0 Å². The Bertz CT molecular complexity index is 1120. The summed E-state index contributed by atoms with van der Waals surface area (Å²) in [7, 11) is 0. The molecule has 16 heteroatoms. The predicted molar refractivity (Wildman–Crippen MR) is 149 cm³/mol. The molecular weight excluding hydrogens is 554 g/mol. The first-order valence-corrected chi connectivity index (χ1v) is 12.9. The summed E-state index contributed by atoms with van der Waals surface area (Å²) in [6.07, 6.45) is 3.52. The van der Waals surface area contributed by atoms with Crippen LogP contribution in [0.2, 0.25) is 0 Å². The second-order valence-electron chi connectivity index (χ2n) is 9.26. The number of carbonyl (C=O) groups is 6. The molecule has 16 nitrogen and oxygen atoms in total. The SMILES string of the molecule is C#CCNC(=O)OCc1ccc(NC(=O)C(CCCNC(N)=O)NC(=O)C(CC(C)C)NC(=O)CONC(=O)O)cc1. The van der Waals surface area contributed by atoms with Crippen LogP contribution in [0.3, 0.4) is 0 Å². The fraction of sp³-hybridized carbons (Fsp3) is 0.462. The van der Waals surface area contributed by atoms with E-state index in [2.05, 4.69) is 37.3 Å². The maximum atomic E-state index is 13.1. The summed E-state index contributed by atoms with van der Waals surface area (Å²) in [5.74, 6) is 0.248. The molecule has 2 atom stereocenters. The van der Waals surface area contributed by atoms with E-state index >= 15 is 0 Å². The van der Waals surface area contributed by atoms with Crippen molar-refractivity contribution >= 4 is 41.6 Å². The smallest absolute Gasteiger partial charge is 0.428 e. The quantitative estimate of drug-likeness (QED) is 0.0697. The molecule has 0 bridgehead atoms. The molecule has 9 N–H and O–H groups in total. The molecule has 2 unspecified atom stereocenters. The zero-order valence-corrected chi connectivity index (χ0v) is 23.4. The van der Waals surface area contributed by atoms with Crippen molar-refractivity contribution < 1.29 is 43.4 Å². The summed E-state index contributed by atoms with van der Waals surface area (Å²) < 4.78 is 5.03. The molecule has 0 spiro atoms. The van der Waals surface area contributed by atoms with E-state index in [4.69, 9.17) is 22.0 Å². The van der Waals surface area contributed by atoms with E-state index in [0.29, 0.717) is 11.3 Å². The minimum atomic E-state index is -1.49. The average molecular weight is 592 g/mol. The number of hydroxylamine groups is 1. The predicted octanol–water partition coefficient (Wildman–Crippen LogP) is 0.148. The minimum absolute atomic E-state index is 0.0305. The molecule has 0 aliphatic heterocycles. The Balaban J connectivity index is 2.90. The van der Waals surface area contributed by atoms with Crippen LogP contribution in [0.15, 0.2) is 24.3 Å². The van der Waals surface area contributed by atoms with Crippen molar-refractivity contribution in [3.8, 4) is 12.3 Å². The third-order valence-corrected chi connectivity index (χ3v) is 5.25. The number of nitrogens with two attached hydrogens (primary N) is 1. The molecule has 0 saturated carbocycles. The molecule has 0 aliphatic carbocycles. The standard InChI is InChI=1S/C26H37N7O9/c1-4-11-29-26(40)41-14-17-7-9-18(10-8-17)30-22(35)19(6-5-12-28-24(27)37)32-23(36)20(13-16(2)3)31-21(34)15-42-33-25(38)39/h1,7-10,16,19-20,33H,5-6,11-15H2,2-3H3,(H,29,40)(H,30,35)(H,31,34)(H,32,36)(H,38,39)(H3,27,28,37). The molecule has 0 saturated heterocycles. The topological polar surface area (TPSA) is 239 Å². The van der Waals surface area contributed by atoms with Crippen LogP contribution < -0.4 is 37.8 Å². The van der Waals surface area contributed by atoms with Crippen molar-refractivity contribution in [2.24, 2.45) is 11.7 Å². The Kier molecular flexibility index (Phi) is 15.9. The first kappa shape index (κ1) is 35.0. The number of alkyl carbamates (subject to hydrolysis) is 1. The van der Waals surface area contributed by atoms with E-state index in [1.54, 1.807) is 29.7 Å². The van der Waals surface area contributed by atoms with Crippen LogP contribution in [0.5, 0.6) is 0 Å².